The van der Waals surface area contributed by atoms with Crippen LogP contribution in [-0.4, -0.2) is 64.0 Å². The highest BCUT2D eigenvalue weighted by Gasteiger charge is 2.36. The summed E-state index contributed by atoms with van der Waals surface area (Å²) in [7, 11) is 4.02. The summed E-state index contributed by atoms with van der Waals surface area (Å²) in [6.07, 6.45) is 4.57. The van der Waals surface area contributed by atoms with E-state index in [0.717, 1.165) is 38.3 Å². The van der Waals surface area contributed by atoms with Crippen LogP contribution in [0.15, 0.2) is 42.7 Å². The van der Waals surface area contributed by atoms with E-state index in [-0.39, 0.29) is 0 Å². The first-order valence-corrected chi connectivity index (χ1v) is 7.73. The van der Waals surface area contributed by atoms with Gasteiger partial charge in [-0.1, -0.05) is 12.1 Å². The van der Waals surface area contributed by atoms with Gasteiger partial charge in [0.2, 0.25) is 0 Å². The lowest BCUT2D eigenvalue weighted by Gasteiger charge is -2.26. The van der Waals surface area contributed by atoms with Gasteiger partial charge in [0, 0.05) is 38.6 Å². The van der Waals surface area contributed by atoms with Crippen LogP contribution in [0.25, 0.3) is 5.69 Å². The highest BCUT2D eigenvalue weighted by molar-refractivity contribution is 5.35. The molecule has 1 atom stereocenters. The van der Waals surface area contributed by atoms with Gasteiger partial charge in [-0.3, -0.25) is 4.90 Å². The van der Waals surface area contributed by atoms with Crippen LogP contribution in [0.3, 0.4) is 0 Å². The Morgan fingerprint density at radius 2 is 2.18 bits per heavy atom. The lowest BCUT2D eigenvalue weighted by atomic mass is 10.0. The van der Waals surface area contributed by atoms with Crippen LogP contribution in [0.4, 0.5) is 0 Å². The SMILES string of the molecule is CN(C)CC1(O)CCN(Cc2cccc(-n3cccn3)c2)C1. The summed E-state index contributed by atoms with van der Waals surface area (Å²) in [5.74, 6) is 0. The monoisotopic (exact) mass is 300 g/mol. The first-order valence-electron chi connectivity index (χ1n) is 7.73. The molecule has 0 radical (unpaired) electrons. The number of aliphatic hydroxyl groups is 1. The van der Waals surface area contributed by atoms with Crippen molar-refractivity contribution >= 4 is 0 Å². The first kappa shape index (κ1) is 15.2. The standard InChI is InChI=1S/C17H24N4O/c1-19(2)13-17(22)7-10-20(14-17)12-15-5-3-6-16(11-15)21-9-4-8-18-21/h3-6,8-9,11,22H,7,10,12-14H2,1-2H3. The number of hydrogen-bond donors (Lipinski definition) is 1. The Labute approximate surface area is 131 Å². The Balaban J connectivity index is 1.66. The summed E-state index contributed by atoms with van der Waals surface area (Å²) in [4.78, 5) is 4.38. The number of nitrogens with zero attached hydrogens (tertiary/aromatic N) is 4. The van der Waals surface area contributed by atoms with Crippen LogP contribution in [0.5, 0.6) is 0 Å². The number of likely N-dealkylation sites (tertiary alicyclic amines) is 1. The van der Waals surface area contributed by atoms with Gasteiger partial charge in [-0.2, -0.15) is 5.10 Å². The van der Waals surface area contributed by atoms with E-state index in [1.165, 1.54) is 5.56 Å². The van der Waals surface area contributed by atoms with E-state index in [4.69, 9.17) is 0 Å². The molecule has 1 saturated heterocycles. The Morgan fingerprint density at radius 3 is 2.91 bits per heavy atom. The van der Waals surface area contributed by atoms with Gasteiger partial charge in [-0.15, -0.1) is 0 Å². The van der Waals surface area contributed by atoms with Crippen molar-refractivity contribution in [3.63, 3.8) is 0 Å². The van der Waals surface area contributed by atoms with Gasteiger partial charge >= 0.3 is 0 Å². The summed E-state index contributed by atoms with van der Waals surface area (Å²) in [5.41, 5.74) is 1.75. The summed E-state index contributed by atoms with van der Waals surface area (Å²) >= 11 is 0. The lowest BCUT2D eigenvalue weighted by molar-refractivity contribution is 0.0240. The van der Waals surface area contributed by atoms with Crippen LogP contribution in [0.2, 0.25) is 0 Å². The molecule has 1 aliphatic rings. The van der Waals surface area contributed by atoms with Crippen LogP contribution >= 0.6 is 0 Å². The van der Waals surface area contributed by atoms with Gasteiger partial charge in [0.15, 0.2) is 0 Å². The van der Waals surface area contributed by atoms with E-state index in [1.54, 1.807) is 6.20 Å². The van der Waals surface area contributed by atoms with Gasteiger partial charge < -0.3 is 10.0 Å². The molecule has 1 N–H and O–H groups in total. The average Bonchev–Trinajstić information content (AvgIpc) is 3.09. The minimum Gasteiger partial charge on any atom is -0.387 e. The van der Waals surface area contributed by atoms with Crippen molar-refractivity contribution in [2.24, 2.45) is 0 Å². The minimum absolute atomic E-state index is 0.580. The molecule has 0 amide bonds. The van der Waals surface area contributed by atoms with Crippen molar-refractivity contribution in [3.05, 3.63) is 48.3 Å². The van der Waals surface area contributed by atoms with Crippen LogP contribution in [-0.2, 0) is 6.54 Å². The Morgan fingerprint density at radius 1 is 1.32 bits per heavy atom. The van der Waals surface area contributed by atoms with Crippen LogP contribution in [0.1, 0.15) is 12.0 Å². The van der Waals surface area contributed by atoms with Crippen LogP contribution in [0, 0.1) is 0 Å². The zero-order chi connectivity index (χ0) is 15.6. The zero-order valence-corrected chi connectivity index (χ0v) is 13.3. The fourth-order valence-electron chi connectivity index (χ4n) is 3.27. The predicted octanol–water partition coefficient (Wildman–Crippen LogP) is 1.37. The van der Waals surface area contributed by atoms with Crippen molar-refractivity contribution in [2.75, 3.05) is 33.7 Å². The van der Waals surface area contributed by atoms with Crippen molar-refractivity contribution < 1.29 is 5.11 Å². The van der Waals surface area contributed by atoms with E-state index >= 15 is 0 Å². The molecule has 2 heterocycles. The first-order chi connectivity index (χ1) is 10.5. The largest absolute Gasteiger partial charge is 0.387 e. The molecule has 0 aliphatic carbocycles. The van der Waals surface area contributed by atoms with E-state index in [0.29, 0.717) is 0 Å². The van der Waals surface area contributed by atoms with Crippen molar-refractivity contribution in [1.29, 1.82) is 0 Å². The topological polar surface area (TPSA) is 44.5 Å². The minimum atomic E-state index is -0.580. The normalized spacial score (nSPS) is 22.5. The third-order valence-electron chi connectivity index (χ3n) is 4.11. The van der Waals surface area contributed by atoms with E-state index in [1.807, 2.05) is 31.0 Å². The number of benzene rings is 1. The molecule has 2 aromatic rings. The van der Waals surface area contributed by atoms with Gasteiger partial charge in [0.05, 0.1) is 11.3 Å². The molecule has 1 unspecified atom stereocenters. The predicted molar refractivity (Wildman–Crippen MR) is 87.0 cm³/mol. The molecule has 1 fully saturated rings. The van der Waals surface area contributed by atoms with Crippen molar-refractivity contribution in [3.8, 4) is 5.69 Å². The Hall–Kier alpha value is -1.69. The Bertz CT molecular complexity index is 611. The third kappa shape index (κ3) is 3.55. The molecule has 0 spiro atoms. The second kappa shape index (κ2) is 6.20. The molecule has 118 valence electrons. The molecule has 0 saturated carbocycles. The van der Waals surface area contributed by atoms with E-state index < -0.39 is 5.60 Å². The third-order valence-corrected chi connectivity index (χ3v) is 4.11. The average molecular weight is 300 g/mol. The molecule has 1 aromatic carbocycles. The summed E-state index contributed by atoms with van der Waals surface area (Å²) in [6.45, 7) is 3.26. The maximum absolute atomic E-state index is 10.6. The molecule has 5 heteroatoms. The molecule has 1 aromatic heterocycles. The fourth-order valence-corrected chi connectivity index (χ4v) is 3.27. The maximum Gasteiger partial charge on any atom is 0.0912 e. The Kier molecular flexibility index (Phi) is 4.29. The number of hydrogen-bond acceptors (Lipinski definition) is 4. The molecule has 0 bridgehead atoms. The molecular weight excluding hydrogens is 276 g/mol. The highest BCUT2D eigenvalue weighted by atomic mass is 16.3. The van der Waals surface area contributed by atoms with Gasteiger partial charge in [-0.25, -0.2) is 4.68 Å². The fraction of sp³-hybridized carbons (Fsp3) is 0.471. The second-order valence-corrected chi connectivity index (χ2v) is 6.54. The summed E-state index contributed by atoms with van der Waals surface area (Å²) in [6, 6.07) is 10.3. The molecule has 22 heavy (non-hydrogen) atoms. The summed E-state index contributed by atoms with van der Waals surface area (Å²) in [5, 5.41) is 14.9. The number of likely N-dealkylation sites (N-methyl/N-ethyl adjacent to an activating group) is 1. The zero-order valence-electron chi connectivity index (χ0n) is 13.3. The quantitative estimate of drug-likeness (QED) is 0.906. The van der Waals surface area contributed by atoms with E-state index in [2.05, 4.69) is 39.2 Å². The summed E-state index contributed by atoms with van der Waals surface area (Å²) < 4.78 is 1.87. The number of rotatable bonds is 5. The second-order valence-electron chi connectivity index (χ2n) is 6.54. The van der Waals surface area contributed by atoms with Gasteiger partial charge in [-0.05, 0) is 44.3 Å². The smallest absolute Gasteiger partial charge is 0.0912 e. The molecular formula is C17H24N4O. The molecule has 1 aliphatic heterocycles. The van der Waals surface area contributed by atoms with Crippen LogP contribution < -0.4 is 0 Å². The van der Waals surface area contributed by atoms with Crippen molar-refractivity contribution in [1.82, 2.24) is 19.6 Å². The number of β-amino-alcohol motifs (C(OH)–C–C–N with tert-alkyl or cyclic N) is 1. The molecule has 3 rings (SSSR count). The number of aromatic nitrogens is 2. The maximum atomic E-state index is 10.6. The van der Waals surface area contributed by atoms with Gasteiger partial charge in [0.25, 0.3) is 0 Å². The lowest BCUT2D eigenvalue weighted by Crippen LogP contribution is -2.42. The molecule has 5 nitrogen and oxygen atoms in total. The van der Waals surface area contributed by atoms with Gasteiger partial charge in [0.1, 0.15) is 0 Å². The van der Waals surface area contributed by atoms with E-state index in [9.17, 15) is 5.11 Å². The highest BCUT2D eigenvalue weighted by Crippen LogP contribution is 2.24. The van der Waals surface area contributed by atoms with Crippen molar-refractivity contribution in [2.45, 2.75) is 18.6 Å².